The first-order chi connectivity index (χ1) is 14.3. The van der Waals surface area contributed by atoms with Crippen LogP contribution in [0.25, 0.3) is 0 Å². The summed E-state index contributed by atoms with van der Waals surface area (Å²) < 4.78 is 38.7. The summed E-state index contributed by atoms with van der Waals surface area (Å²) in [6.45, 7) is 6.85. The number of nitrogens with one attached hydrogen (secondary N) is 1. The van der Waals surface area contributed by atoms with Crippen LogP contribution < -0.4 is 5.32 Å². The van der Waals surface area contributed by atoms with Gasteiger partial charge in [-0.1, -0.05) is 12.1 Å². The van der Waals surface area contributed by atoms with E-state index in [4.69, 9.17) is 0 Å². The molecule has 10 heteroatoms. The van der Waals surface area contributed by atoms with E-state index in [-0.39, 0.29) is 42.5 Å². The number of hydrogen-bond acceptors (Lipinski definition) is 3. The van der Waals surface area contributed by atoms with Crippen LogP contribution in [0.1, 0.15) is 30.9 Å². The van der Waals surface area contributed by atoms with Crippen LogP contribution in [0.2, 0.25) is 0 Å². The van der Waals surface area contributed by atoms with Crippen molar-refractivity contribution in [2.24, 2.45) is 4.99 Å². The summed E-state index contributed by atoms with van der Waals surface area (Å²) in [4.78, 5) is 23.1. The van der Waals surface area contributed by atoms with Crippen LogP contribution in [0.4, 0.5) is 13.2 Å². The zero-order valence-electron chi connectivity index (χ0n) is 18.0. The Balaban J connectivity index is 0.00000341. The molecule has 1 atom stereocenters. The smallest absolute Gasteiger partial charge is 0.352 e. The monoisotopic (exact) mass is 553 g/mol. The molecule has 2 heterocycles. The summed E-state index contributed by atoms with van der Waals surface area (Å²) in [5, 5.41) is 3.16. The predicted molar refractivity (Wildman–Crippen MR) is 125 cm³/mol. The minimum Gasteiger partial charge on any atom is -0.352 e. The summed E-state index contributed by atoms with van der Waals surface area (Å²) in [7, 11) is 1.67. The molecule has 174 valence electrons. The van der Waals surface area contributed by atoms with E-state index in [2.05, 4.69) is 20.1 Å². The molecule has 0 radical (unpaired) electrons. The zero-order chi connectivity index (χ0) is 21.7. The van der Waals surface area contributed by atoms with Crippen molar-refractivity contribution in [3.8, 4) is 0 Å². The van der Waals surface area contributed by atoms with Crippen LogP contribution in [0.15, 0.2) is 29.3 Å². The number of likely N-dealkylation sites (tertiary alicyclic amines) is 1. The molecule has 1 amide bonds. The Bertz CT molecular complexity index is 760. The number of carbonyl (C=O) groups is 1. The van der Waals surface area contributed by atoms with Crippen molar-refractivity contribution >= 4 is 35.8 Å². The van der Waals surface area contributed by atoms with Gasteiger partial charge in [-0.05, 0) is 37.5 Å². The summed E-state index contributed by atoms with van der Waals surface area (Å²) in [5.41, 5.74) is -0.100. The number of rotatable bonds is 4. The van der Waals surface area contributed by atoms with Crippen LogP contribution in [-0.2, 0) is 17.5 Å². The number of hydrogen-bond donors (Lipinski definition) is 1. The molecule has 6 nitrogen and oxygen atoms in total. The number of guanidine groups is 1. The second kappa shape index (κ2) is 11.3. The lowest BCUT2D eigenvalue weighted by Crippen LogP contribution is -2.57. The maximum atomic E-state index is 12.9. The third-order valence-corrected chi connectivity index (χ3v) is 5.85. The van der Waals surface area contributed by atoms with Crippen molar-refractivity contribution < 1.29 is 18.0 Å². The minimum absolute atomic E-state index is 0. The number of alkyl halides is 3. The molecule has 1 N–H and O–H groups in total. The van der Waals surface area contributed by atoms with Crippen molar-refractivity contribution in [3.05, 3.63) is 35.4 Å². The average Bonchev–Trinajstić information content (AvgIpc) is 3.28. The highest BCUT2D eigenvalue weighted by atomic mass is 127. The van der Waals surface area contributed by atoms with Gasteiger partial charge in [-0.15, -0.1) is 24.0 Å². The molecule has 0 bridgehead atoms. The van der Waals surface area contributed by atoms with Crippen LogP contribution >= 0.6 is 24.0 Å². The molecule has 0 aromatic heterocycles. The lowest BCUT2D eigenvalue weighted by molar-refractivity contribution is -0.137. The summed E-state index contributed by atoms with van der Waals surface area (Å²) in [6.07, 6.45) is -2.18. The summed E-state index contributed by atoms with van der Waals surface area (Å²) >= 11 is 0. The molecular weight excluding hydrogens is 522 g/mol. The van der Waals surface area contributed by atoms with Crippen LogP contribution in [0, 0.1) is 0 Å². The third-order valence-electron chi connectivity index (χ3n) is 5.85. The predicted octanol–water partition coefficient (Wildman–Crippen LogP) is 3.03. The summed E-state index contributed by atoms with van der Waals surface area (Å²) in [6, 6.07) is 5.18. The molecule has 0 spiro atoms. The number of piperazine rings is 1. The standard InChI is InChI=1S/C21H30F3N5O.HI/c1-16(19(30)28-8-3-4-9-28)27-10-12-29(13-11-27)20(25-2)26-15-17-6-5-7-18(14-17)21(22,23)24;/h5-7,14,16H,3-4,8-13,15H2,1-2H3,(H,25,26);1H. The van der Waals surface area contributed by atoms with Crippen molar-refractivity contribution in [1.82, 2.24) is 20.0 Å². The molecule has 2 aliphatic heterocycles. The number of amides is 1. The van der Waals surface area contributed by atoms with Gasteiger partial charge in [0.1, 0.15) is 0 Å². The fourth-order valence-electron chi connectivity index (χ4n) is 4.05. The van der Waals surface area contributed by atoms with Crippen LogP contribution in [-0.4, -0.2) is 78.9 Å². The second-order valence-corrected chi connectivity index (χ2v) is 7.83. The van der Waals surface area contributed by atoms with Gasteiger partial charge in [0.05, 0.1) is 11.6 Å². The number of carbonyl (C=O) groups excluding carboxylic acids is 1. The van der Waals surface area contributed by atoms with Crippen molar-refractivity contribution in [2.75, 3.05) is 46.3 Å². The van der Waals surface area contributed by atoms with Gasteiger partial charge < -0.3 is 15.1 Å². The van der Waals surface area contributed by atoms with Crippen molar-refractivity contribution in [1.29, 1.82) is 0 Å². The Kier molecular flexibility index (Phi) is 9.41. The molecule has 2 aliphatic rings. The average molecular weight is 553 g/mol. The molecule has 1 aromatic carbocycles. The quantitative estimate of drug-likeness (QED) is 0.354. The number of halogens is 4. The lowest BCUT2D eigenvalue weighted by Gasteiger charge is -2.39. The van der Waals surface area contributed by atoms with Gasteiger partial charge in [0.2, 0.25) is 5.91 Å². The van der Waals surface area contributed by atoms with E-state index in [0.717, 1.165) is 51.2 Å². The molecule has 3 rings (SSSR count). The molecule has 2 fully saturated rings. The zero-order valence-corrected chi connectivity index (χ0v) is 20.3. The van der Waals surface area contributed by atoms with E-state index in [9.17, 15) is 18.0 Å². The summed E-state index contributed by atoms with van der Waals surface area (Å²) in [5.74, 6) is 0.860. The molecule has 1 aromatic rings. The van der Waals surface area contributed by atoms with Crippen LogP contribution in [0.3, 0.4) is 0 Å². The fraction of sp³-hybridized carbons (Fsp3) is 0.619. The number of benzene rings is 1. The van der Waals surface area contributed by atoms with E-state index in [1.54, 1.807) is 13.1 Å². The van der Waals surface area contributed by atoms with Gasteiger partial charge in [-0.3, -0.25) is 14.7 Å². The molecule has 2 saturated heterocycles. The Hall–Kier alpha value is -1.56. The molecule has 0 saturated carbocycles. The first kappa shape index (κ1) is 25.7. The van der Waals surface area contributed by atoms with E-state index < -0.39 is 11.7 Å². The topological polar surface area (TPSA) is 51.2 Å². The van der Waals surface area contributed by atoms with Crippen molar-refractivity contribution in [3.63, 3.8) is 0 Å². The first-order valence-corrected chi connectivity index (χ1v) is 10.4. The first-order valence-electron chi connectivity index (χ1n) is 10.4. The Morgan fingerprint density at radius 1 is 1.10 bits per heavy atom. The maximum Gasteiger partial charge on any atom is 0.416 e. The molecule has 31 heavy (non-hydrogen) atoms. The van der Waals surface area contributed by atoms with Crippen molar-refractivity contribution in [2.45, 2.75) is 38.5 Å². The molecule has 0 aliphatic carbocycles. The number of aliphatic imine (C=N–C) groups is 1. The van der Waals surface area contributed by atoms with Gasteiger partial charge in [-0.2, -0.15) is 13.2 Å². The molecular formula is C21H31F3IN5O. The third kappa shape index (κ3) is 6.71. The Morgan fingerprint density at radius 2 is 1.74 bits per heavy atom. The van der Waals surface area contributed by atoms with Gasteiger partial charge >= 0.3 is 6.18 Å². The van der Waals surface area contributed by atoms with Crippen LogP contribution in [0.5, 0.6) is 0 Å². The highest BCUT2D eigenvalue weighted by molar-refractivity contribution is 14.0. The van der Waals surface area contributed by atoms with Gasteiger partial charge in [0.15, 0.2) is 5.96 Å². The molecule has 1 unspecified atom stereocenters. The van der Waals surface area contributed by atoms with Gasteiger partial charge in [-0.25, -0.2) is 0 Å². The Labute approximate surface area is 198 Å². The number of nitrogens with zero attached hydrogens (tertiary/aromatic N) is 4. The second-order valence-electron chi connectivity index (χ2n) is 7.83. The Morgan fingerprint density at radius 3 is 2.32 bits per heavy atom. The van der Waals surface area contributed by atoms with Gasteiger partial charge in [0, 0.05) is 52.9 Å². The fourth-order valence-corrected chi connectivity index (χ4v) is 4.05. The van der Waals surface area contributed by atoms with E-state index in [1.807, 2.05) is 11.8 Å². The lowest BCUT2D eigenvalue weighted by atomic mass is 10.1. The van der Waals surface area contributed by atoms with E-state index in [1.165, 1.54) is 6.07 Å². The highest BCUT2D eigenvalue weighted by Crippen LogP contribution is 2.29. The minimum atomic E-state index is -4.35. The maximum absolute atomic E-state index is 12.9. The van der Waals surface area contributed by atoms with Gasteiger partial charge in [0.25, 0.3) is 0 Å². The van der Waals surface area contributed by atoms with E-state index >= 15 is 0 Å². The van der Waals surface area contributed by atoms with E-state index in [0.29, 0.717) is 24.6 Å². The normalized spacial score (nSPS) is 19.2. The largest absolute Gasteiger partial charge is 0.416 e. The highest BCUT2D eigenvalue weighted by Gasteiger charge is 2.31. The SMILES string of the molecule is CN=C(NCc1cccc(C(F)(F)F)c1)N1CCN(C(C)C(=O)N2CCCC2)CC1.I.